The van der Waals surface area contributed by atoms with Gasteiger partial charge in [-0.3, -0.25) is 4.57 Å². The van der Waals surface area contributed by atoms with Gasteiger partial charge in [0.2, 0.25) is 0 Å². The second-order valence-corrected chi connectivity index (χ2v) is 4.99. The highest BCUT2D eigenvalue weighted by Gasteiger charge is 2.08. The number of aromatic nitrogens is 1. The first-order chi connectivity index (χ1) is 10.6. The van der Waals surface area contributed by atoms with Crippen LogP contribution in [0.2, 0.25) is 0 Å². The summed E-state index contributed by atoms with van der Waals surface area (Å²) in [5.41, 5.74) is 1.09. The zero-order chi connectivity index (χ0) is 15.5. The number of para-hydroxylation sites is 1. The number of rotatable bonds is 4. The van der Waals surface area contributed by atoms with Crippen molar-refractivity contribution in [1.29, 1.82) is 0 Å². The molecule has 0 aliphatic heterocycles. The predicted octanol–water partition coefficient (Wildman–Crippen LogP) is 2.34. The van der Waals surface area contributed by atoms with Crippen LogP contribution in [0.25, 0.3) is 10.9 Å². The number of fused-ring (bicyclic) bond motifs is 1. The smallest absolute Gasteiger partial charge is 0.422 e. The Morgan fingerprint density at radius 3 is 2.55 bits per heavy atom. The van der Waals surface area contributed by atoms with Gasteiger partial charge < -0.3 is 9.15 Å². The number of aryl methyl sites for hydroxylation is 1. The van der Waals surface area contributed by atoms with Crippen molar-refractivity contribution in [2.45, 2.75) is 13.5 Å². The van der Waals surface area contributed by atoms with Crippen LogP contribution in [0.15, 0.2) is 62.5 Å². The molecule has 0 unspecified atom stereocenters. The summed E-state index contributed by atoms with van der Waals surface area (Å²) in [6.07, 6.45) is 0. The summed E-state index contributed by atoms with van der Waals surface area (Å²) in [7, 11) is 0. The maximum atomic E-state index is 11.9. The van der Waals surface area contributed by atoms with Crippen molar-refractivity contribution in [1.82, 2.24) is 4.57 Å². The van der Waals surface area contributed by atoms with E-state index in [0.29, 0.717) is 24.1 Å². The normalized spacial score (nSPS) is 10.8. The van der Waals surface area contributed by atoms with Crippen molar-refractivity contribution in [3.8, 4) is 5.75 Å². The lowest BCUT2D eigenvalue weighted by molar-refractivity contribution is 0.287. The molecular weight excluding hydrogens is 282 g/mol. The number of benzene rings is 2. The van der Waals surface area contributed by atoms with Crippen LogP contribution in [0.5, 0.6) is 5.75 Å². The molecule has 112 valence electrons. The predicted molar refractivity (Wildman–Crippen MR) is 83.4 cm³/mol. The van der Waals surface area contributed by atoms with Crippen LogP contribution >= 0.6 is 0 Å². The van der Waals surface area contributed by atoms with Gasteiger partial charge in [-0.25, -0.2) is 9.59 Å². The lowest BCUT2D eigenvalue weighted by atomic mass is 10.2. The molecule has 22 heavy (non-hydrogen) atoms. The van der Waals surface area contributed by atoms with E-state index in [4.69, 9.17) is 9.15 Å². The maximum Gasteiger partial charge on any atom is 0.422 e. The summed E-state index contributed by atoms with van der Waals surface area (Å²) in [5.74, 6) is 0.0662. The van der Waals surface area contributed by atoms with E-state index >= 15 is 0 Å². The molecule has 5 nitrogen and oxygen atoms in total. The molecule has 0 aliphatic carbocycles. The number of hydrogen-bond donors (Lipinski definition) is 0. The SMILES string of the molecule is Cc1ccc(OCCn2c(=O)oc(=O)c3ccccc32)cc1. The van der Waals surface area contributed by atoms with E-state index in [9.17, 15) is 9.59 Å². The van der Waals surface area contributed by atoms with E-state index in [-0.39, 0.29) is 0 Å². The number of nitrogens with zero attached hydrogens (tertiary/aromatic N) is 1. The molecule has 0 spiro atoms. The van der Waals surface area contributed by atoms with Gasteiger partial charge in [0.05, 0.1) is 17.4 Å². The summed E-state index contributed by atoms with van der Waals surface area (Å²) in [4.78, 5) is 23.5. The van der Waals surface area contributed by atoms with Gasteiger partial charge in [-0.05, 0) is 31.2 Å². The van der Waals surface area contributed by atoms with Gasteiger partial charge in [0.25, 0.3) is 0 Å². The molecule has 0 atom stereocenters. The van der Waals surface area contributed by atoms with E-state index in [2.05, 4.69) is 0 Å². The minimum absolute atomic E-state index is 0.303. The first-order valence-corrected chi connectivity index (χ1v) is 6.97. The second kappa shape index (κ2) is 5.89. The highest BCUT2D eigenvalue weighted by Crippen LogP contribution is 2.12. The van der Waals surface area contributed by atoms with Gasteiger partial charge in [-0.15, -0.1) is 0 Å². The molecule has 0 radical (unpaired) electrons. The fourth-order valence-electron chi connectivity index (χ4n) is 2.27. The first kappa shape index (κ1) is 14.1. The van der Waals surface area contributed by atoms with Crippen molar-refractivity contribution < 1.29 is 9.15 Å². The fraction of sp³-hybridized carbons (Fsp3) is 0.176. The van der Waals surface area contributed by atoms with Crippen molar-refractivity contribution in [3.05, 3.63) is 75.1 Å². The molecule has 2 aromatic carbocycles. The van der Waals surface area contributed by atoms with Crippen LogP contribution in [0.4, 0.5) is 0 Å². The quantitative estimate of drug-likeness (QED) is 0.741. The molecule has 0 saturated heterocycles. The number of hydrogen-bond acceptors (Lipinski definition) is 4. The Bertz CT molecular complexity index is 906. The molecule has 0 N–H and O–H groups in total. The Kier molecular flexibility index (Phi) is 3.78. The maximum absolute atomic E-state index is 11.9. The van der Waals surface area contributed by atoms with Gasteiger partial charge in [0, 0.05) is 0 Å². The summed E-state index contributed by atoms with van der Waals surface area (Å²) < 4.78 is 11.8. The van der Waals surface area contributed by atoms with Crippen molar-refractivity contribution in [2.75, 3.05) is 6.61 Å². The largest absolute Gasteiger partial charge is 0.492 e. The zero-order valence-electron chi connectivity index (χ0n) is 12.1. The topological polar surface area (TPSA) is 61.4 Å². The van der Waals surface area contributed by atoms with E-state index in [1.807, 2.05) is 31.2 Å². The molecule has 1 heterocycles. The molecule has 0 saturated carbocycles. The van der Waals surface area contributed by atoms with Crippen LogP contribution in [0.3, 0.4) is 0 Å². The monoisotopic (exact) mass is 297 g/mol. The highest BCUT2D eigenvalue weighted by atomic mass is 16.5. The Labute approximate surface area is 126 Å². The Morgan fingerprint density at radius 1 is 1.05 bits per heavy atom. The number of ether oxygens (including phenoxy) is 1. The Morgan fingerprint density at radius 2 is 1.77 bits per heavy atom. The van der Waals surface area contributed by atoms with E-state index < -0.39 is 11.4 Å². The Balaban J connectivity index is 1.83. The van der Waals surface area contributed by atoms with Crippen molar-refractivity contribution >= 4 is 10.9 Å². The third-order valence-corrected chi connectivity index (χ3v) is 3.42. The summed E-state index contributed by atoms with van der Waals surface area (Å²) in [6.45, 7) is 2.61. The zero-order valence-corrected chi connectivity index (χ0v) is 12.1. The molecule has 0 fully saturated rings. The van der Waals surface area contributed by atoms with Crippen molar-refractivity contribution in [3.63, 3.8) is 0 Å². The van der Waals surface area contributed by atoms with E-state index in [1.165, 1.54) is 4.57 Å². The second-order valence-electron chi connectivity index (χ2n) is 4.99. The average Bonchev–Trinajstić information content (AvgIpc) is 2.52. The average molecular weight is 297 g/mol. The van der Waals surface area contributed by atoms with E-state index in [1.54, 1.807) is 24.3 Å². The molecular formula is C17H15NO4. The molecule has 0 amide bonds. The van der Waals surface area contributed by atoms with Gasteiger partial charge >= 0.3 is 11.4 Å². The third kappa shape index (κ3) is 2.79. The van der Waals surface area contributed by atoms with Crippen molar-refractivity contribution in [2.24, 2.45) is 0 Å². The van der Waals surface area contributed by atoms with Crippen LogP contribution in [0.1, 0.15) is 5.56 Å². The summed E-state index contributed by atoms with van der Waals surface area (Å²) in [6, 6.07) is 14.5. The van der Waals surface area contributed by atoms with Crippen LogP contribution < -0.4 is 16.1 Å². The fourth-order valence-corrected chi connectivity index (χ4v) is 2.27. The minimum atomic E-state index is -0.670. The van der Waals surface area contributed by atoms with E-state index in [0.717, 1.165) is 11.3 Å². The standard InChI is InChI=1S/C17H15NO4/c1-12-6-8-13(9-7-12)21-11-10-18-15-5-3-2-4-14(15)16(19)22-17(18)20/h2-9H,10-11H2,1H3. The van der Waals surface area contributed by atoms with Gasteiger partial charge in [0.15, 0.2) is 0 Å². The molecule has 1 aromatic heterocycles. The highest BCUT2D eigenvalue weighted by molar-refractivity contribution is 5.77. The van der Waals surface area contributed by atoms with Crippen LogP contribution in [-0.2, 0) is 6.54 Å². The van der Waals surface area contributed by atoms with Gasteiger partial charge in [0.1, 0.15) is 12.4 Å². The molecule has 0 bridgehead atoms. The lowest BCUT2D eigenvalue weighted by Crippen LogP contribution is -2.27. The summed E-state index contributed by atoms with van der Waals surface area (Å²) in [5, 5.41) is 0.387. The van der Waals surface area contributed by atoms with Gasteiger partial charge in [-0.1, -0.05) is 29.8 Å². The summed E-state index contributed by atoms with van der Waals surface area (Å²) >= 11 is 0. The lowest BCUT2D eigenvalue weighted by Gasteiger charge is -2.10. The van der Waals surface area contributed by atoms with Crippen LogP contribution in [-0.4, -0.2) is 11.2 Å². The molecule has 3 aromatic rings. The van der Waals surface area contributed by atoms with Crippen LogP contribution in [0, 0.1) is 6.92 Å². The third-order valence-electron chi connectivity index (χ3n) is 3.42. The first-order valence-electron chi connectivity index (χ1n) is 6.97. The molecule has 3 rings (SSSR count). The molecule has 0 aliphatic rings. The van der Waals surface area contributed by atoms with Gasteiger partial charge in [-0.2, -0.15) is 0 Å². The minimum Gasteiger partial charge on any atom is -0.492 e. The molecule has 5 heteroatoms. The Hall–Kier alpha value is -2.82.